The summed E-state index contributed by atoms with van der Waals surface area (Å²) in [6, 6.07) is 16.0. The first-order chi connectivity index (χ1) is 21.2. The van der Waals surface area contributed by atoms with Crippen molar-refractivity contribution in [3.05, 3.63) is 101 Å². The van der Waals surface area contributed by atoms with E-state index >= 15 is 0 Å². The summed E-state index contributed by atoms with van der Waals surface area (Å²) in [5.41, 5.74) is 2.44. The number of halogens is 3. The normalized spacial score (nSPS) is 23.4. The van der Waals surface area contributed by atoms with E-state index < -0.39 is 48.1 Å². The Morgan fingerprint density at radius 1 is 1.05 bits per heavy atom. The maximum absolute atomic E-state index is 14.0. The first kappa shape index (κ1) is 28.6. The third kappa shape index (κ3) is 5.25. The Bertz CT molecular complexity index is 1830. The average molecular weight is 621 g/mol. The fourth-order valence-electron chi connectivity index (χ4n) is 5.46. The van der Waals surface area contributed by atoms with Crippen LogP contribution in [0.15, 0.2) is 66.9 Å². The monoisotopic (exact) mass is 620 g/mol. The second-order valence-electron chi connectivity index (χ2n) is 10.6. The van der Waals surface area contributed by atoms with Gasteiger partial charge in [0.2, 0.25) is 0 Å². The Hall–Kier alpha value is -4.17. The summed E-state index contributed by atoms with van der Waals surface area (Å²) in [6.07, 6.45) is 0.108. The van der Waals surface area contributed by atoms with Crippen molar-refractivity contribution in [3.63, 3.8) is 0 Å². The fourth-order valence-corrected chi connectivity index (χ4v) is 6.32. The van der Waals surface area contributed by atoms with E-state index in [9.17, 15) is 18.0 Å². The first-order valence-corrected chi connectivity index (χ1v) is 14.6. The number of nitrogens with zero attached hydrogens (tertiary/aromatic N) is 5. The van der Waals surface area contributed by atoms with Crippen LogP contribution in [0.2, 0.25) is 0 Å². The van der Waals surface area contributed by atoms with E-state index in [0.717, 1.165) is 32.9 Å². The van der Waals surface area contributed by atoms with Crippen LogP contribution in [0.1, 0.15) is 22.9 Å². The number of rotatable bonds is 5. The number of amides is 1. The molecule has 0 bridgehead atoms. The molecule has 9 nitrogen and oxygen atoms in total. The van der Waals surface area contributed by atoms with Gasteiger partial charge in [0.1, 0.15) is 24.0 Å². The number of hydrogen-bond donors (Lipinski definition) is 0. The number of anilines is 1. The molecule has 2 aliphatic rings. The Morgan fingerprint density at radius 3 is 2.59 bits per heavy atom. The molecule has 4 heterocycles. The summed E-state index contributed by atoms with van der Waals surface area (Å²) in [5.74, 6) is -4.58. The molecule has 2 fully saturated rings. The molecule has 1 radical (unpaired) electrons. The highest BCUT2D eigenvalue weighted by atomic mass is 32.1. The molecule has 44 heavy (non-hydrogen) atoms. The lowest BCUT2D eigenvalue weighted by Crippen LogP contribution is -2.56. The predicted molar refractivity (Wildman–Crippen MR) is 155 cm³/mol. The van der Waals surface area contributed by atoms with Crippen molar-refractivity contribution in [1.29, 1.82) is 0 Å². The van der Waals surface area contributed by atoms with Gasteiger partial charge in [-0.15, -0.1) is 16.4 Å². The van der Waals surface area contributed by atoms with Crippen molar-refractivity contribution in [2.24, 2.45) is 0 Å². The summed E-state index contributed by atoms with van der Waals surface area (Å²) < 4.78 is 62.6. The molecule has 7 rings (SSSR count). The standard InChI is InChI=1S/C31H25F3N5O4S/c1-16-35-22-9-8-19(12-27(22)44-16)38(2)30(40)25-13-24(29-26(42-25)15-41-31(43-29)17-6-4-3-5-7-17)39-14-23(36-37-39)18-10-20(32)28(34)21(33)11-18/h3-14,24-26,29,31H,15H2,1-2H3. The van der Waals surface area contributed by atoms with Gasteiger partial charge in [-0.2, -0.15) is 0 Å². The second kappa shape index (κ2) is 11.4. The Balaban J connectivity index is 1.20. The topological polar surface area (TPSA) is 91.6 Å². The van der Waals surface area contributed by atoms with Crippen molar-refractivity contribution in [1.82, 2.24) is 20.0 Å². The van der Waals surface area contributed by atoms with Crippen LogP contribution in [-0.2, 0) is 19.0 Å². The van der Waals surface area contributed by atoms with Crippen molar-refractivity contribution in [2.45, 2.75) is 37.6 Å². The van der Waals surface area contributed by atoms with Crippen molar-refractivity contribution < 1.29 is 32.2 Å². The largest absolute Gasteiger partial charge is 0.360 e. The van der Waals surface area contributed by atoms with Crippen LogP contribution in [-0.4, -0.2) is 57.9 Å². The highest BCUT2D eigenvalue weighted by Gasteiger charge is 2.48. The highest BCUT2D eigenvalue weighted by molar-refractivity contribution is 7.18. The Labute approximate surface area is 253 Å². The molecule has 0 saturated carbocycles. The number of thiazole rings is 1. The van der Waals surface area contributed by atoms with Crippen molar-refractivity contribution in [3.8, 4) is 11.3 Å². The number of fused-ring (bicyclic) bond motifs is 2. The molecular weight excluding hydrogens is 595 g/mol. The van der Waals surface area contributed by atoms with Gasteiger partial charge in [0, 0.05) is 30.3 Å². The van der Waals surface area contributed by atoms with Gasteiger partial charge >= 0.3 is 0 Å². The third-order valence-electron chi connectivity index (χ3n) is 7.70. The van der Waals surface area contributed by atoms with Crippen LogP contribution < -0.4 is 4.90 Å². The summed E-state index contributed by atoms with van der Waals surface area (Å²) >= 11 is 1.54. The number of carbonyl (C=O) groups is 1. The molecule has 0 spiro atoms. The number of aryl methyl sites for hydroxylation is 1. The van der Waals surface area contributed by atoms with Gasteiger partial charge < -0.3 is 19.1 Å². The zero-order chi connectivity index (χ0) is 30.5. The van der Waals surface area contributed by atoms with Crippen LogP contribution in [0.5, 0.6) is 0 Å². The minimum Gasteiger partial charge on any atom is -0.360 e. The molecule has 2 aromatic heterocycles. The molecule has 0 N–H and O–H groups in total. The van der Waals surface area contributed by atoms with E-state index in [1.807, 2.05) is 55.5 Å². The minimum absolute atomic E-state index is 0.00683. The number of ether oxygens (including phenoxy) is 3. The first-order valence-electron chi connectivity index (χ1n) is 13.8. The maximum Gasteiger partial charge on any atom is 0.256 e. The van der Waals surface area contributed by atoms with Crippen LogP contribution in [0, 0.1) is 30.8 Å². The molecule has 2 saturated heterocycles. The van der Waals surface area contributed by atoms with Gasteiger partial charge in [-0.1, -0.05) is 35.5 Å². The molecular formula is C31H25F3N5O4S. The Kier molecular flexibility index (Phi) is 7.41. The van der Waals surface area contributed by atoms with Crippen LogP contribution in [0.4, 0.5) is 18.9 Å². The molecule has 2 aliphatic heterocycles. The van der Waals surface area contributed by atoms with Gasteiger partial charge in [0.05, 0.1) is 34.1 Å². The maximum atomic E-state index is 14.0. The lowest BCUT2D eigenvalue weighted by molar-refractivity contribution is -0.288. The second-order valence-corrected chi connectivity index (χ2v) is 11.8. The number of benzene rings is 3. The zero-order valence-corrected chi connectivity index (χ0v) is 24.2. The van der Waals surface area contributed by atoms with E-state index in [-0.39, 0.29) is 23.8 Å². The quantitative estimate of drug-likeness (QED) is 0.237. The SMILES string of the molecule is Cc1nc2ccc(N(C)C(=O)C3[CH]C(n4cc(-c5cc(F)c(F)c(F)c5)nn4)C4OC(c5ccccc5)OCC4O3)cc2s1. The fraction of sp³-hybridized carbons (Fsp3) is 0.258. The number of aromatic nitrogens is 4. The van der Waals surface area contributed by atoms with E-state index in [1.54, 1.807) is 13.5 Å². The Morgan fingerprint density at radius 2 is 1.82 bits per heavy atom. The molecule has 1 amide bonds. The van der Waals surface area contributed by atoms with Gasteiger partial charge in [0.15, 0.2) is 23.7 Å². The van der Waals surface area contributed by atoms with Crippen molar-refractivity contribution >= 4 is 33.1 Å². The van der Waals surface area contributed by atoms with Gasteiger partial charge in [-0.25, -0.2) is 22.8 Å². The summed E-state index contributed by atoms with van der Waals surface area (Å²) in [4.78, 5) is 19.8. The lowest BCUT2D eigenvalue weighted by Gasteiger charge is -2.45. The number of hydrogen-bond acceptors (Lipinski definition) is 8. The molecule has 0 aliphatic carbocycles. The number of likely N-dealkylation sites (N-methyl/N-ethyl adjacent to an activating group) is 1. The molecule has 5 atom stereocenters. The minimum atomic E-state index is -1.57. The smallest absolute Gasteiger partial charge is 0.256 e. The average Bonchev–Trinajstić information content (AvgIpc) is 3.68. The van der Waals surface area contributed by atoms with E-state index in [0.29, 0.717) is 5.69 Å². The molecule has 225 valence electrons. The van der Waals surface area contributed by atoms with Crippen molar-refractivity contribution in [2.75, 3.05) is 18.6 Å². The third-order valence-corrected chi connectivity index (χ3v) is 8.63. The van der Waals surface area contributed by atoms with E-state index in [4.69, 9.17) is 14.2 Å². The molecule has 3 aromatic carbocycles. The summed E-state index contributed by atoms with van der Waals surface area (Å²) in [5, 5.41) is 9.22. The molecule has 5 unspecified atom stereocenters. The lowest BCUT2D eigenvalue weighted by atomic mass is 9.93. The predicted octanol–water partition coefficient (Wildman–Crippen LogP) is 5.57. The molecule has 5 aromatic rings. The van der Waals surface area contributed by atoms with Gasteiger partial charge in [0.25, 0.3) is 5.91 Å². The van der Waals surface area contributed by atoms with Crippen LogP contribution in [0.25, 0.3) is 21.5 Å². The zero-order valence-electron chi connectivity index (χ0n) is 23.4. The number of carbonyl (C=O) groups excluding carboxylic acids is 1. The van der Waals surface area contributed by atoms with Crippen LogP contribution in [0.3, 0.4) is 0 Å². The van der Waals surface area contributed by atoms with Gasteiger partial charge in [-0.3, -0.25) is 4.79 Å². The highest BCUT2D eigenvalue weighted by Crippen LogP contribution is 2.39. The van der Waals surface area contributed by atoms with Crippen LogP contribution >= 0.6 is 11.3 Å². The van der Waals surface area contributed by atoms with E-state index in [2.05, 4.69) is 15.3 Å². The van der Waals surface area contributed by atoms with Gasteiger partial charge in [-0.05, 0) is 37.3 Å². The summed E-state index contributed by atoms with van der Waals surface area (Å²) in [7, 11) is 1.67. The summed E-state index contributed by atoms with van der Waals surface area (Å²) in [6.45, 7) is 2.06. The molecule has 13 heteroatoms. The van der Waals surface area contributed by atoms with E-state index in [1.165, 1.54) is 27.1 Å².